The summed E-state index contributed by atoms with van der Waals surface area (Å²) in [5.74, 6) is 0.561. The number of amides is 1. The molecule has 3 atom stereocenters. The fraction of sp³-hybridized carbons (Fsp3) is 0.304. The first-order valence-corrected chi connectivity index (χ1v) is 10.8. The lowest BCUT2D eigenvalue weighted by Crippen LogP contribution is -2.39. The molecule has 8 nitrogen and oxygen atoms in total. The highest BCUT2D eigenvalue weighted by atomic mass is 35.5. The molecule has 2 aromatic heterocycles. The number of benzene rings is 1. The normalized spacial score (nSPS) is 17.5. The average molecular weight is 471 g/mol. The minimum atomic E-state index is -1.26. The Morgan fingerprint density at radius 2 is 2.06 bits per heavy atom. The van der Waals surface area contributed by atoms with Crippen LogP contribution in [0.5, 0.6) is 0 Å². The Bertz CT molecular complexity index is 1170. The van der Waals surface area contributed by atoms with Crippen molar-refractivity contribution in [2.24, 2.45) is 0 Å². The highest BCUT2D eigenvalue weighted by molar-refractivity contribution is 6.31. The van der Waals surface area contributed by atoms with Gasteiger partial charge in [0.15, 0.2) is 0 Å². The van der Waals surface area contributed by atoms with E-state index in [1.807, 2.05) is 32.0 Å². The molecule has 1 amide bonds. The van der Waals surface area contributed by atoms with Crippen LogP contribution in [0.15, 0.2) is 42.7 Å². The lowest BCUT2D eigenvalue weighted by Gasteiger charge is -2.22. The number of cyclic esters (lactones) is 1. The summed E-state index contributed by atoms with van der Waals surface area (Å²) in [6.45, 7) is 5.27. The van der Waals surface area contributed by atoms with Gasteiger partial charge in [0.25, 0.3) is 0 Å². The van der Waals surface area contributed by atoms with Gasteiger partial charge in [-0.15, -0.1) is 0 Å². The number of hydrogen-bond donors (Lipinski definition) is 2. The number of alkyl halides is 1. The number of nitrogens with one attached hydrogen (secondary N) is 1. The van der Waals surface area contributed by atoms with Gasteiger partial charge in [-0.05, 0) is 62.2 Å². The topological polar surface area (TPSA) is 106 Å². The fourth-order valence-electron chi connectivity index (χ4n) is 3.74. The predicted octanol–water partition coefficient (Wildman–Crippen LogP) is 4.94. The number of ether oxygens (including phenoxy) is 1. The Balaban J connectivity index is 1.54. The van der Waals surface area contributed by atoms with Crippen molar-refractivity contribution in [3.63, 3.8) is 0 Å². The molecule has 4 rings (SSSR count). The van der Waals surface area contributed by atoms with Gasteiger partial charge in [0.05, 0.1) is 11.7 Å². The van der Waals surface area contributed by atoms with Crippen LogP contribution < -0.4 is 16.0 Å². The van der Waals surface area contributed by atoms with Gasteiger partial charge in [0.1, 0.15) is 24.6 Å². The van der Waals surface area contributed by atoms with Gasteiger partial charge in [0, 0.05) is 28.7 Å². The summed E-state index contributed by atoms with van der Waals surface area (Å²) in [7, 11) is 0. The molecule has 0 saturated carbocycles. The molecule has 33 heavy (non-hydrogen) atoms. The Labute approximate surface area is 196 Å². The first kappa shape index (κ1) is 22.7. The molecule has 1 fully saturated rings. The van der Waals surface area contributed by atoms with Crippen LogP contribution in [0.2, 0.25) is 5.02 Å². The van der Waals surface area contributed by atoms with E-state index in [4.69, 9.17) is 22.1 Å². The number of carbonyl (C=O) groups is 1. The van der Waals surface area contributed by atoms with Gasteiger partial charge in [0.2, 0.25) is 5.95 Å². The van der Waals surface area contributed by atoms with E-state index in [0.29, 0.717) is 10.7 Å². The third kappa shape index (κ3) is 4.83. The molecule has 3 heterocycles. The summed E-state index contributed by atoms with van der Waals surface area (Å²) in [6.07, 6.45) is 1.39. The van der Waals surface area contributed by atoms with Crippen molar-refractivity contribution in [3.05, 3.63) is 59.0 Å². The van der Waals surface area contributed by atoms with Crippen molar-refractivity contribution in [1.82, 2.24) is 15.0 Å². The first-order valence-electron chi connectivity index (χ1n) is 10.5. The average Bonchev–Trinajstić information content (AvgIpc) is 3.15. The smallest absolute Gasteiger partial charge is 0.416 e. The van der Waals surface area contributed by atoms with Gasteiger partial charge in [-0.3, -0.25) is 9.88 Å². The molecule has 1 saturated heterocycles. The summed E-state index contributed by atoms with van der Waals surface area (Å²) in [5.41, 5.74) is 10.1. The van der Waals surface area contributed by atoms with E-state index in [9.17, 15) is 9.18 Å². The van der Waals surface area contributed by atoms with Crippen LogP contribution in [0.1, 0.15) is 31.1 Å². The largest absolute Gasteiger partial charge is 0.447 e. The molecule has 0 unspecified atom stereocenters. The lowest BCUT2D eigenvalue weighted by molar-refractivity contribution is 0.174. The maximum atomic E-state index is 13.9. The van der Waals surface area contributed by atoms with Crippen LogP contribution in [-0.2, 0) is 4.74 Å². The van der Waals surface area contributed by atoms with Crippen molar-refractivity contribution in [2.45, 2.75) is 39.0 Å². The van der Waals surface area contributed by atoms with E-state index in [-0.39, 0.29) is 24.4 Å². The van der Waals surface area contributed by atoms with Crippen molar-refractivity contribution in [3.8, 4) is 11.1 Å². The SMILES string of the molecule is Cc1cc([C@H](C)Nc2nccc(N3C(=O)OC[C@@H]3[C@H](C)F)n2)ncc1-c1cc(N)cc(Cl)c1. The van der Waals surface area contributed by atoms with Crippen molar-refractivity contribution < 1.29 is 13.9 Å². The van der Waals surface area contributed by atoms with Gasteiger partial charge in [-0.2, -0.15) is 4.98 Å². The van der Waals surface area contributed by atoms with Gasteiger partial charge < -0.3 is 15.8 Å². The van der Waals surface area contributed by atoms with Crippen LogP contribution in [0.25, 0.3) is 11.1 Å². The Morgan fingerprint density at radius 3 is 2.76 bits per heavy atom. The molecule has 1 aliphatic heterocycles. The molecule has 3 N–H and O–H groups in total. The molecule has 1 aromatic carbocycles. The maximum absolute atomic E-state index is 13.9. The standard InChI is InChI=1S/C23H24ClFN6O2/c1-12-6-19(28-10-18(12)15-7-16(24)9-17(26)8-15)14(3)29-22-27-5-4-21(30-22)31-20(13(2)25)11-33-23(31)32/h4-10,13-14,20H,11,26H2,1-3H3,(H,27,29,30)/t13-,14-,20+/m0/s1. The molecule has 3 aromatic rings. The summed E-state index contributed by atoms with van der Waals surface area (Å²) in [6, 6.07) is 7.94. The highest BCUT2D eigenvalue weighted by Crippen LogP contribution is 2.30. The third-order valence-corrected chi connectivity index (χ3v) is 5.69. The molecule has 0 aliphatic carbocycles. The number of carbonyl (C=O) groups excluding carboxylic acids is 1. The first-order chi connectivity index (χ1) is 15.7. The van der Waals surface area contributed by atoms with E-state index in [1.165, 1.54) is 18.0 Å². The minimum absolute atomic E-state index is 0.0203. The zero-order valence-corrected chi connectivity index (χ0v) is 19.2. The number of halogens is 2. The van der Waals surface area contributed by atoms with Gasteiger partial charge in [-0.25, -0.2) is 14.2 Å². The molecule has 0 spiro atoms. The molecule has 1 aliphatic rings. The Kier molecular flexibility index (Phi) is 6.33. The molecule has 172 valence electrons. The summed E-state index contributed by atoms with van der Waals surface area (Å²) in [5, 5.41) is 3.75. The summed E-state index contributed by atoms with van der Waals surface area (Å²) in [4.78, 5) is 26.5. The molecular formula is C23H24ClFN6O2. The van der Waals surface area contributed by atoms with Crippen molar-refractivity contribution in [2.75, 3.05) is 22.6 Å². The number of rotatable bonds is 6. The van der Waals surface area contributed by atoms with E-state index in [0.717, 1.165) is 22.4 Å². The predicted molar refractivity (Wildman–Crippen MR) is 126 cm³/mol. The number of pyridine rings is 1. The molecule has 10 heteroatoms. The number of nitrogens with zero attached hydrogens (tertiary/aromatic N) is 4. The molecule has 0 bridgehead atoms. The summed E-state index contributed by atoms with van der Waals surface area (Å²) < 4.78 is 18.9. The van der Waals surface area contributed by atoms with Crippen molar-refractivity contribution in [1.29, 1.82) is 0 Å². The highest BCUT2D eigenvalue weighted by Gasteiger charge is 2.39. The zero-order valence-electron chi connectivity index (χ0n) is 18.4. The minimum Gasteiger partial charge on any atom is -0.447 e. The van der Waals surface area contributed by atoms with Gasteiger partial charge >= 0.3 is 6.09 Å². The van der Waals surface area contributed by atoms with Crippen LogP contribution in [0, 0.1) is 6.92 Å². The lowest BCUT2D eigenvalue weighted by atomic mass is 10.0. The quantitative estimate of drug-likeness (QED) is 0.491. The molecule has 0 radical (unpaired) electrons. The number of hydrogen-bond acceptors (Lipinski definition) is 7. The number of aryl methyl sites for hydroxylation is 1. The number of nitrogens with two attached hydrogens (primary N) is 1. The van der Waals surface area contributed by atoms with Crippen LogP contribution >= 0.6 is 11.6 Å². The maximum Gasteiger partial charge on any atom is 0.416 e. The fourth-order valence-corrected chi connectivity index (χ4v) is 3.99. The summed E-state index contributed by atoms with van der Waals surface area (Å²) >= 11 is 6.14. The zero-order chi connectivity index (χ0) is 23.7. The van der Waals surface area contributed by atoms with Crippen LogP contribution in [0.3, 0.4) is 0 Å². The Morgan fingerprint density at radius 1 is 1.27 bits per heavy atom. The second-order valence-electron chi connectivity index (χ2n) is 7.99. The van der Waals surface area contributed by atoms with E-state index >= 15 is 0 Å². The van der Waals surface area contributed by atoms with E-state index < -0.39 is 18.3 Å². The second kappa shape index (κ2) is 9.19. The van der Waals surface area contributed by atoms with E-state index in [2.05, 4.69) is 20.3 Å². The van der Waals surface area contributed by atoms with Crippen molar-refractivity contribution >= 4 is 35.1 Å². The number of anilines is 3. The number of aromatic nitrogens is 3. The monoisotopic (exact) mass is 470 g/mol. The number of nitrogen functional groups attached to an aromatic ring is 1. The second-order valence-corrected chi connectivity index (χ2v) is 8.43. The third-order valence-electron chi connectivity index (χ3n) is 5.48. The van der Waals surface area contributed by atoms with E-state index in [1.54, 1.807) is 18.3 Å². The van der Waals surface area contributed by atoms with Crippen LogP contribution in [-0.4, -0.2) is 39.9 Å². The Hall–Kier alpha value is -3.46. The molecular weight excluding hydrogens is 447 g/mol. The van der Waals surface area contributed by atoms with Gasteiger partial charge in [-0.1, -0.05) is 11.6 Å². The van der Waals surface area contributed by atoms with Crippen LogP contribution in [0.4, 0.5) is 26.6 Å².